The smallest absolute Gasteiger partial charge is 0.256 e. The summed E-state index contributed by atoms with van der Waals surface area (Å²) in [5.74, 6) is 0.817. The number of ether oxygens (including phenoxy) is 1. The van der Waals surface area contributed by atoms with Gasteiger partial charge in [0.1, 0.15) is 6.10 Å². The number of aromatic hydroxyl groups is 1. The highest BCUT2D eigenvalue weighted by Crippen LogP contribution is 2.66. The van der Waals surface area contributed by atoms with Gasteiger partial charge in [-0.15, -0.1) is 0 Å². The fourth-order valence-corrected chi connectivity index (χ4v) is 7.87. The number of carbonyl (C=O) groups excluding carboxylic acids is 2. The number of phenolic OH excluding ortho intramolecular Hbond substituents is 1. The molecule has 2 saturated carbocycles. The van der Waals surface area contributed by atoms with Gasteiger partial charge in [0, 0.05) is 23.7 Å². The van der Waals surface area contributed by atoms with Crippen LogP contribution < -0.4 is 4.74 Å². The lowest BCUT2D eigenvalue weighted by Gasteiger charge is -2.64. The number of phenols is 1. The zero-order valence-electron chi connectivity index (χ0n) is 18.9. The summed E-state index contributed by atoms with van der Waals surface area (Å²) < 4.78 is 6.50. The number of piperidine rings is 1. The lowest BCUT2D eigenvalue weighted by molar-refractivity contribution is -0.201. The van der Waals surface area contributed by atoms with Crippen LogP contribution in [0.15, 0.2) is 23.8 Å². The molecule has 7 heteroatoms. The van der Waals surface area contributed by atoms with Crippen LogP contribution in [0.2, 0.25) is 0 Å². The molecule has 2 bridgehead atoms. The fourth-order valence-electron chi connectivity index (χ4n) is 7.87. The van der Waals surface area contributed by atoms with E-state index in [0.29, 0.717) is 30.6 Å². The molecule has 7 nitrogen and oxygen atoms in total. The molecule has 3 aliphatic heterocycles. The van der Waals surface area contributed by atoms with E-state index in [1.54, 1.807) is 19.1 Å². The molecule has 0 unspecified atom stereocenters. The molecular formula is C26H30N2O5. The number of hydrogen-bond donors (Lipinski definition) is 2. The zero-order chi connectivity index (χ0) is 22.7. The Kier molecular flexibility index (Phi) is 3.88. The molecule has 6 aliphatic rings. The molecule has 174 valence electrons. The van der Waals surface area contributed by atoms with Crippen molar-refractivity contribution in [1.29, 1.82) is 0 Å². The largest absolute Gasteiger partial charge is 0.504 e. The number of hydrogen-bond acceptors (Lipinski definition) is 6. The maximum atomic E-state index is 13.1. The number of imide groups is 1. The zero-order valence-corrected chi connectivity index (χ0v) is 18.9. The van der Waals surface area contributed by atoms with E-state index in [1.807, 2.05) is 6.07 Å². The SMILES string of the molecule is CC=C1CC(=O)N([C@@H]2CC[C@@]3(O)[C@H]4Cc5ccc(O)c6c5[C@@]3(CCN4CC3CC3)[C@H]2O6)C1=O. The van der Waals surface area contributed by atoms with Crippen LogP contribution in [-0.4, -0.2) is 68.7 Å². The van der Waals surface area contributed by atoms with E-state index in [2.05, 4.69) is 4.90 Å². The Balaban J connectivity index is 1.38. The van der Waals surface area contributed by atoms with Gasteiger partial charge in [-0.25, -0.2) is 0 Å². The average Bonchev–Trinajstić information content (AvgIpc) is 3.46. The van der Waals surface area contributed by atoms with E-state index in [0.717, 1.165) is 36.6 Å². The van der Waals surface area contributed by atoms with Gasteiger partial charge >= 0.3 is 0 Å². The van der Waals surface area contributed by atoms with Gasteiger partial charge in [0.25, 0.3) is 5.91 Å². The van der Waals surface area contributed by atoms with Gasteiger partial charge in [0.15, 0.2) is 11.5 Å². The Labute approximate surface area is 193 Å². The van der Waals surface area contributed by atoms with Crippen LogP contribution in [0.1, 0.15) is 56.6 Å². The van der Waals surface area contributed by atoms with Crippen LogP contribution in [0, 0.1) is 5.92 Å². The first kappa shape index (κ1) is 20.0. The standard InChI is InChI=1S/C26H30N2O5/c1-2-15-12-20(30)28(24(15)31)17-7-8-26(32)19-11-16-5-6-18(29)22-21(16)25(26,23(17)33-22)9-10-27(19)13-14-3-4-14/h2,5-6,14,17,19,23,29,32H,3-4,7-13H2,1H3/t17-,19-,23+,25+,26-/m1/s1. The Morgan fingerprint density at radius 3 is 2.76 bits per heavy atom. The molecule has 0 aromatic heterocycles. The summed E-state index contributed by atoms with van der Waals surface area (Å²) >= 11 is 0. The van der Waals surface area contributed by atoms with E-state index in [4.69, 9.17) is 4.74 Å². The van der Waals surface area contributed by atoms with Crippen molar-refractivity contribution in [2.24, 2.45) is 5.92 Å². The van der Waals surface area contributed by atoms with Gasteiger partial charge in [-0.2, -0.15) is 0 Å². The molecule has 4 fully saturated rings. The van der Waals surface area contributed by atoms with Crippen LogP contribution >= 0.6 is 0 Å². The maximum absolute atomic E-state index is 13.1. The second-order valence-electron chi connectivity index (χ2n) is 11.0. The lowest BCUT2D eigenvalue weighted by atomic mass is 9.48. The average molecular weight is 451 g/mol. The van der Waals surface area contributed by atoms with Gasteiger partial charge < -0.3 is 14.9 Å². The number of allylic oxidation sites excluding steroid dienone is 1. The van der Waals surface area contributed by atoms with Crippen molar-refractivity contribution >= 4 is 11.8 Å². The number of aliphatic hydroxyl groups is 1. The molecule has 2 N–H and O–H groups in total. The minimum Gasteiger partial charge on any atom is -0.504 e. The van der Waals surface area contributed by atoms with E-state index in [-0.39, 0.29) is 30.0 Å². The summed E-state index contributed by atoms with van der Waals surface area (Å²) in [6.45, 7) is 3.66. The summed E-state index contributed by atoms with van der Waals surface area (Å²) in [4.78, 5) is 30.0. The first-order chi connectivity index (χ1) is 15.9. The summed E-state index contributed by atoms with van der Waals surface area (Å²) in [7, 11) is 0. The maximum Gasteiger partial charge on any atom is 0.256 e. The predicted molar refractivity (Wildman–Crippen MR) is 119 cm³/mol. The molecule has 7 rings (SSSR count). The Hall–Kier alpha value is -2.38. The van der Waals surface area contributed by atoms with Crippen LogP contribution in [0.4, 0.5) is 0 Å². The minimum absolute atomic E-state index is 0.0158. The van der Waals surface area contributed by atoms with Gasteiger partial charge in [0.05, 0.1) is 23.5 Å². The van der Waals surface area contributed by atoms with E-state index in [1.165, 1.54) is 17.7 Å². The number of benzene rings is 1. The highest BCUT2D eigenvalue weighted by Gasteiger charge is 2.74. The molecule has 5 atom stereocenters. The summed E-state index contributed by atoms with van der Waals surface area (Å²) in [5, 5.41) is 23.2. The number of nitrogens with zero attached hydrogens (tertiary/aromatic N) is 2. The van der Waals surface area contributed by atoms with E-state index >= 15 is 0 Å². The quantitative estimate of drug-likeness (QED) is 0.541. The van der Waals surface area contributed by atoms with E-state index < -0.39 is 23.2 Å². The van der Waals surface area contributed by atoms with Crippen molar-refractivity contribution in [3.8, 4) is 11.5 Å². The second kappa shape index (κ2) is 6.39. The van der Waals surface area contributed by atoms with Crippen molar-refractivity contribution in [3.63, 3.8) is 0 Å². The molecular weight excluding hydrogens is 420 g/mol. The molecule has 2 saturated heterocycles. The van der Waals surface area contributed by atoms with Gasteiger partial charge in [-0.1, -0.05) is 12.1 Å². The van der Waals surface area contributed by atoms with Crippen molar-refractivity contribution in [2.75, 3.05) is 13.1 Å². The summed E-state index contributed by atoms with van der Waals surface area (Å²) in [6.07, 6.45) is 6.28. The Bertz CT molecular complexity index is 1130. The third kappa shape index (κ3) is 2.32. The highest BCUT2D eigenvalue weighted by atomic mass is 16.5. The first-order valence-corrected chi connectivity index (χ1v) is 12.4. The topological polar surface area (TPSA) is 90.3 Å². The Morgan fingerprint density at radius 2 is 2.03 bits per heavy atom. The lowest BCUT2D eigenvalue weighted by Crippen LogP contribution is -2.78. The molecule has 3 aliphatic carbocycles. The third-order valence-corrected chi connectivity index (χ3v) is 9.52. The highest BCUT2D eigenvalue weighted by molar-refractivity contribution is 6.13. The second-order valence-corrected chi connectivity index (χ2v) is 11.0. The fraction of sp³-hybridized carbons (Fsp3) is 0.615. The van der Waals surface area contributed by atoms with Crippen LogP contribution in [0.5, 0.6) is 11.5 Å². The van der Waals surface area contributed by atoms with Gasteiger partial charge in [-0.05, 0) is 69.5 Å². The number of rotatable bonds is 3. The summed E-state index contributed by atoms with van der Waals surface area (Å²) in [6, 6.07) is 3.20. The molecule has 0 radical (unpaired) electrons. The van der Waals surface area contributed by atoms with Gasteiger partial charge in [-0.3, -0.25) is 19.4 Å². The number of amides is 2. The van der Waals surface area contributed by atoms with Gasteiger partial charge in [0.2, 0.25) is 5.91 Å². The third-order valence-electron chi connectivity index (χ3n) is 9.52. The molecule has 3 heterocycles. The molecule has 1 aromatic rings. The summed E-state index contributed by atoms with van der Waals surface area (Å²) in [5.41, 5.74) is 0.837. The normalized spacial score (nSPS) is 40.4. The van der Waals surface area contributed by atoms with Crippen LogP contribution in [0.25, 0.3) is 0 Å². The van der Waals surface area contributed by atoms with Crippen molar-refractivity contribution < 1.29 is 24.5 Å². The molecule has 1 spiro atoms. The minimum atomic E-state index is -1.01. The number of carbonyl (C=O) groups is 2. The van der Waals surface area contributed by atoms with Crippen molar-refractivity contribution in [1.82, 2.24) is 9.80 Å². The van der Waals surface area contributed by atoms with Crippen molar-refractivity contribution in [3.05, 3.63) is 34.9 Å². The van der Waals surface area contributed by atoms with Crippen LogP contribution in [-0.2, 0) is 21.4 Å². The first-order valence-electron chi connectivity index (χ1n) is 12.4. The molecule has 1 aromatic carbocycles. The molecule has 33 heavy (non-hydrogen) atoms. The van der Waals surface area contributed by atoms with Crippen LogP contribution in [0.3, 0.4) is 0 Å². The monoisotopic (exact) mass is 450 g/mol. The van der Waals surface area contributed by atoms with E-state index in [9.17, 15) is 19.8 Å². The Morgan fingerprint density at radius 1 is 1.21 bits per heavy atom. The predicted octanol–water partition coefficient (Wildman–Crippen LogP) is 2.03. The molecule has 2 amide bonds. The number of likely N-dealkylation sites (tertiary alicyclic amines) is 2. The van der Waals surface area contributed by atoms with Crippen molar-refractivity contribution in [2.45, 2.75) is 81.1 Å².